The van der Waals surface area contributed by atoms with Crippen LogP contribution < -0.4 is 5.73 Å². The van der Waals surface area contributed by atoms with Crippen molar-refractivity contribution in [2.24, 2.45) is 17.1 Å². The third kappa shape index (κ3) is 5.31. The normalized spacial score (nSPS) is 15.6. The number of aryl methyl sites for hydroxylation is 1. The zero-order valence-corrected chi connectivity index (χ0v) is 11.8. The van der Waals surface area contributed by atoms with E-state index in [1.54, 1.807) is 0 Å². The average molecular weight is 234 g/mol. The molecule has 0 spiro atoms. The lowest BCUT2D eigenvalue weighted by atomic mass is 9.82. The van der Waals surface area contributed by atoms with E-state index in [0.717, 1.165) is 17.7 Å². The highest BCUT2D eigenvalue weighted by atomic mass is 14.7. The van der Waals surface area contributed by atoms with Crippen LogP contribution in [0.3, 0.4) is 0 Å². The second kappa shape index (κ2) is 5.63. The number of nitrogens with two attached hydrogens (primary N) is 1. The molecule has 0 aliphatic rings. The first-order chi connectivity index (χ1) is 7.78. The van der Waals surface area contributed by atoms with Crippen LogP contribution in [-0.4, -0.2) is 4.98 Å². The Hall–Kier alpha value is -0.890. The summed E-state index contributed by atoms with van der Waals surface area (Å²) in [6, 6.07) is 4.24. The van der Waals surface area contributed by atoms with Gasteiger partial charge in [-0.25, -0.2) is 0 Å². The molecule has 0 aliphatic carbocycles. The van der Waals surface area contributed by atoms with Gasteiger partial charge in [-0.3, -0.25) is 4.98 Å². The summed E-state index contributed by atoms with van der Waals surface area (Å²) in [7, 11) is 0. The van der Waals surface area contributed by atoms with Crippen molar-refractivity contribution in [3.05, 3.63) is 29.6 Å². The van der Waals surface area contributed by atoms with Crippen molar-refractivity contribution in [2.75, 3.05) is 0 Å². The van der Waals surface area contributed by atoms with E-state index in [0.29, 0.717) is 11.3 Å². The van der Waals surface area contributed by atoms with Crippen LogP contribution in [0.5, 0.6) is 0 Å². The summed E-state index contributed by atoms with van der Waals surface area (Å²) in [4.78, 5) is 4.30. The fourth-order valence-corrected chi connectivity index (χ4v) is 2.40. The highest BCUT2D eigenvalue weighted by molar-refractivity contribution is 5.16. The molecule has 1 rings (SSSR count). The molecule has 0 amide bonds. The lowest BCUT2D eigenvalue weighted by Gasteiger charge is -2.25. The molecule has 2 unspecified atom stereocenters. The Morgan fingerprint density at radius 2 is 1.94 bits per heavy atom. The van der Waals surface area contributed by atoms with E-state index in [2.05, 4.69) is 38.7 Å². The van der Waals surface area contributed by atoms with Crippen LogP contribution in [0.1, 0.15) is 57.8 Å². The van der Waals surface area contributed by atoms with Crippen molar-refractivity contribution in [1.29, 1.82) is 0 Å². The Labute approximate surface area is 106 Å². The smallest absolute Gasteiger partial charge is 0.0372 e. The van der Waals surface area contributed by atoms with E-state index in [-0.39, 0.29) is 6.04 Å². The van der Waals surface area contributed by atoms with Crippen LogP contribution in [0.25, 0.3) is 0 Å². The van der Waals surface area contributed by atoms with Gasteiger partial charge in [0, 0.05) is 17.9 Å². The zero-order chi connectivity index (χ0) is 13.1. The number of hydrogen-bond acceptors (Lipinski definition) is 2. The van der Waals surface area contributed by atoms with Gasteiger partial charge in [-0.05, 0) is 42.7 Å². The van der Waals surface area contributed by atoms with E-state index >= 15 is 0 Å². The van der Waals surface area contributed by atoms with Gasteiger partial charge in [0.25, 0.3) is 0 Å². The van der Waals surface area contributed by atoms with E-state index in [9.17, 15) is 0 Å². The number of rotatable bonds is 4. The summed E-state index contributed by atoms with van der Waals surface area (Å²) in [5.41, 5.74) is 8.80. The Morgan fingerprint density at radius 3 is 2.41 bits per heavy atom. The van der Waals surface area contributed by atoms with Crippen LogP contribution in [0.4, 0.5) is 0 Å². The summed E-state index contributed by atoms with van der Waals surface area (Å²) in [5.74, 6) is 0.645. The maximum absolute atomic E-state index is 6.22. The monoisotopic (exact) mass is 234 g/mol. The minimum absolute atomic E-state index is 0.112. The molecule has 2 atom stereocenters. The molecular weight excluding hydrogens is 208 g/mol. The lowest BCUT2D eigenvalue weighted by molar-refractivity contribution is 0.286. The van der Waals surface area contributed by atoms with Gasteiger partial charge in [0.15, 0.2) is 0 Å². The van der Waals surface area contributed by atoms with Gasteiger partial charge >= 0.3 is 0 Å². The molecule has 0 aliphatic heterocycles. The minimum atomic E-state index is 0.112. The molecule has 96 valence electrons. The summed E-state index contributed by atoms with van der Waals surface area (Å²) in [6.45, 7) is 11.1. The van der Waals surface area contributed by atoms with E-state index in [1.165, 1.54) is 6.42 Å². The van der Waals surface area contributed by atoms with E-state index < -0.39 is 0 Å². The number of pyridine rings is 1. The van der Waals surface area contributed by atoms with E-state index in [1.807, 2.05) is 19.2 Å². The van der Waals surface area contributed by atoms with Gasteiger partial charge in [-0.1, -0.05) is 33.8 Å². The van der Waals surface area contributed by atoms with Gasteiger partial charge in [-0.15, -0.1) is 0 Å². The maximum Gasteiger partial charge on any atom is 0.0372 e. The van der Waals surface area contributed by atoms with Crippen LogP contribution in [0.15, 0.2) is 18.3 Å². The van der Waals surface area contributed by atoms with Crippen molar-refractivity contribution in [3.8, 4) is 0 Å². The first-order valence-electron chi connectivity index (χ1n) is 6.46. The maximum atomic E-state index is 6.22. The van der Waals surface area contributed by atoms with Gasteiger partial charge < -0.3 is 5.73 Å². The van der Waals surface area contributed by atoms with Crippen LogP contribution in [0.2, 0.25) is 0 Å². The van der Waals surface area contributed by atoms with Crippen molar-refractivity contribution in [1.82, 2.24) is 4.98 Å². The summed E-state index contributed by atoms with van der Waals surface area (Å²) in [6.07, 6.45) is 4.14. The fourth-order valence-electron chi connectivity index (χ4n) is 2.40. The Kier molecular flexibility index (Phi) is 4.70. The minimum Gasteiger partial charge on any atom is -0.324 e. The second-order valence-corrected chi connectivity index (χ2v) is 6.45. The number of hydrogen-bond donors (Lipinski definition) is 1. The first-order valence-corrected chi connectivity index (χ1v) is 6.46. The predicted octanol–water partition coefficient (Wildman–Crippen LogP) is 3.85. The van der Waals surface area contributed by atoms with Crippen LogP contribution in [0, 0.1) is 18.3 Å². The summed E-state index contributed by atoms with van der Waals surface area (Å²) >= 11 is 0. The van der Waals surface area contributed by atoms with Crippen molar-refractivity contribution in [2.45, 2.75) is 53.5 Å². The highest BCUT2D eigenvalue weighted by Gasteiger charge is 2.18. The highest BCUT2D eigenvalue weighted by Crippen LogP contribution is 2.29. The third-order valence-corrected chi connectivity index (χ3v) is 2.98. The first kappa shape index (κ1) is 14.2. The molecule has 0 aromatic carbocycles. The fraction of sp³-hybridized carbons (Fsp3) is 0.667. The average Bonchev–Trinajstić information content (AvgIpc) is 2.15. The lowest BCUT2D eigenvalue weighted by Crippen LogP contribution is -2.18. The number of nitrogens with zero attached hydrogens (tertiary/aromatic N) is 1. The molecule has 0 fully saturated rings. The second-order valence-electron chi connectivity index (χ2n) is 6.45. The zero-order valence-electron chi connectivity index (χ0n) is 11.8. The van der Waals surface area contributed by atoms with Crippen molar-refractivity contribution in [3.63, 3.8) is 0 Å². The van der Waals surface area contributed by atoms with Gasteiger partial charge in [-0.2, -0.15) is 0 Å². The molecule has 1 heterocycles. The molecule has 0 radical (unpaired) electrons. The molecule has 2 N–H and O–H groups in total. The topological polar surface area (TPSA) is 38.9 Å². The molecule has 1 aromatic rings. The van der Waals surface area contributed by atoms with Crippen LogP contribution >= 0.6 is 0 Å². The molecule has 0 saturated heterocycles. The molecule has 17 heavy (non-hydrogen) atoms. The van der Waals surface area contributed by atoms with Crippen molar-refractivity contribution >= 4 is 0 Å². The molecular formula is C15H26N2. The summed E-state index contributed by atoms with van der Waals surface area (Å²) in [5, 5.41) is 0. The molecule has 2 heteroatoms. The molecule has 1 aromatic heterocycles. The van der Waals surface area contributed by atoms with Gasteiger partial charge in [0.1, 0.15) is 0 Å². The Morgan fingerprint density at radius 1 is 1.29 bits per heavy atom. The Bertz CT molecular complexity index is 335. The predicted molar refractivity (Wildman–Crippen MR) is 73.8 cm³/mol. The molecule has 0 saturated carbocycles. The van der Waals surface area contributed by atoms with Gasteiger partial charge in [0.05, 0.1) is 0 Å². The SMILES string of the molecule is Cc1ccc(C(N)CC(C)CC(C)(C)C)cn1. The standard InChI is InChI=1S/C15H26N2/c1-11(9-15(3,4)5)8-14(16)13-7-6-12(2)17-10-13/h6-7,10-11,14H,8-9,16H2,1-5H3. The quantitative estimate of drug-likeness (QED) is 0.859. The molecule has 2 nitrogen and oxygen atoms in total. The van der Waals surface area contributed by atoms with Crippen molar-refractivity contribution < 1.29 is 0 Å². The number of aromatic nitrogens is 1. The summed E-state index contributed by atoms with van der Waals surface area (Å²) < 4.78 is 0. The van der Waals surface area contributed by atoms with Gasteiger partial charge in [0.2, 0.25) is 0 Å². The van der Waals surface area contributed by atoms with Crippen LogP contribution in [-0.2, 0) is 0 Å². The third-order valence-electron chi connectivity index (χ3n) is 2.98. The molecule has 0 bridgehead atoms. The largest absolute Gasteiger partial charge is 0.324 e. The Balaban J connectivity index is 2.54. The van der Waals surface area contributed by atoms with E-state index in [4.69, 9.17) is 5.73 Å².